The van der Waals surface area contributed by atoms with E-state index in [9.17, 15) is 25.1 Å². The summed E-state index contributed by atoms with van der Waals surface area (Å²) in [5.74, 6) is -0.217. The second-order valence-corrected chi connectivity index (χ2v) is 6.53. The molecule has 0 bridgehead atoms. The number of halogens is 1. The minimum atomic E-state index is -1.13. The van der Waals surface area contributed by atoms with Gasteiger partial charge in [-0.2, -0.15) is 0 Å². The summed E-state index contributed by atoms with van der Waals surface area (Å²) in [7, 11) is 2.70. The summed E-state index contributed by atoms with van der Waals surface area (Å²) in [4.78, 5) is 22.1. The first-order chi connectivity index (χ1) is 12.0. The number of amides is 1. The smallest absolute Gasteiger partial charge is 0.269 e. The standard InChI is InChI=1S/C17H27N2O5P.ClH/c20-12-15(18-16(21)6-4-2-1-3-5-11-25)17(22)13-7-9-14(10-8-13)19(23)24;/h7-10,15,17,20,22H,1-6,11-12,25H2,(H,18,21);1H. The first-order valence-electron chi connectivity index (χ1n) is 8.52. The molecule has 148 valence electrons. The van der Waals surface area contributed by atoms with Gasteiger partial charge >= 0.3 is 0 Å². The number of unbranched alkanes of at least 4 members (excludes halogenated alkanes) is 4. The van der Waals surface area contributed by atoms with E-state index in [0.717, 1.165) is 31.8 Å². The number of nitrogens with one attached hydrogen (secondary N) is 1. The van der Waals surface area contributed by atoms with Crippen LogP contribution in [0.25, 0.3) is 0 Å². The zero-order chi connectivity index (χ0) is 18.7. The van der Waals surface area contributed by atoms with Gasteiger partial charge in [0.05, 0.1) is 17.6 Å². The average molecular weight is 407 g/mol. The number of carbonyl (C=O) groups is 1. The Morgan fingerprint density at radius 1 is 1.15 bits per heavy atom. The molecule has 0 aliphatic heterocycles. The molecule has 0 saturated heterocycles. The van der Waals surface area contributed by atoms with Gasteiger partial charge in [0.1, 0.15) is 6.10 Å². The maximum Gasteiger partial charge on any atom is 0.269 e. The van der Waals surface area contributed by atoms with Crippen LogP contribution in [0.5, 0.6) is 0 Å². The lowest BCUT2D eigenvalue weighted by Crippen LogP contribution is -2.41. The van der Waals surface area contributed by atoms with Crippen molar-refractivity contribution < 1.29 is 19.9 Å². The Hall–Kier alpha value is -1.27. The van der Waals surface area contributed by atoms with E-state index in [0.29, 0.717) is 12.0 Å². The van der Waals surface area contributed by atoms with E-state index in [1.54, 1.807) is 0 Å². The summed E-state index contributed by atoms with van der Waals surface area (Å²) >= 11 is 0. The van der Waals surface area contributed by atoms with E-state index in [4.69, 9.17) is 0 Å². The quantitative estimate of drug-likeness (QED) is 0.214. The molecule has 0 fully saturated rings. The topological polar surface area (TPSA) is 113 Å². The van der Waals surface area contributed by atoms with Gasteiger partial charge < -0.3 is 15.5 Å². The Bertz CT molecular complexity index is 544. The lowest BCUT2D eigenvalue weighted by atomic mass is 10.0. The van der Waals surface area contributed by atoms with Crippen molar-refractivity contribution in [3.05, 3.63) is 39.9 Å². The number of non-ortho nitro benzene ring substituents is 1. The van der Waals surface area contributed by atoms with Crippen molar-refractivity contribution in [3.8, 4) is 0 Å². The summed E-state index contributed by atoms with van der Waals surface area (Å²) in [6.07, 6.45) is 5.49. The van der Waals surface area contributed by atoms with Gasteiger partial charge in [-0.3, -0.25) is 14.9 Å². The Morgan fingerprint density at radius 2 is 1.73 bits per heavy atom. The molecule has 3 unspecified atom stereocenters. The van der Waals surface area contributed by atoms with Crippen LogP contribution in [0, 0.1) is 10.1 Å². The average Bonchev–Trinajstić information content (AvgIpc) is 2.62. The summed E-state index contributed by atoms with van der Waals surface area (Å²) in [5.41, 5.74) is 0.324. The minimum Gasteiger partial charge on any atom is -0.394 e. The number of nitrogens with zero attached hydrogens (tertiary/aromatic N) is 1. The van der Waals surface area contributed by atoms with Gasteiger partial charge in [0.2, 0.25) is 5.91 Å². The molecule has 3 atom stereocenters. The highest BCUT2D eigenvalue weighted by atomic mass is 35.5. The molecular formula is C17H28ClN2O5P. The lowest BCUT2D eigenvalue weighted by Gasteiger charge is -2.22. The molecule has 0 radical (unpaired) electrons. The number of nitro benzene ring substituents is 1. The molecule has 0 aliphatic carbocycles. The molecule has 7 nitrogen and oxygen atoms in total. The van der Waals surface area contributed by atoms with Crippen LogP contribution >= 0.6 is 21.6 Å². The number of hydrogen-bond donors (Lipinski definition) is 3. The number of nitro groups is 1. The Morgan fingerprint density at radius 3 is 2.27 bits per heavy atom. The van der Waals surface area contributed by atoms with Gasteiger partial charge in [0, 0.05) is 18.6 Å². The molecule has 0 aliphatic rings. The number of aliphatic hydroxyl groups excluding tert-OH is 2. The van der Waals surface area contributed by atoms with Crippen LogP contribution in [-0.4, -0.2) is 39.9 Å². The van der Waals surface area contributed by atoms with Crippen LogP contribution in [0.4, 0.5) is 5.69 Å². The Kier molecular flexibility index (Phi) is 13.2. The van der Waals surface area contributed by atoms with Crippen molar-refractivity contribution in [2.24, 2.45) is 0 Å². The molecule has 26 heavy (non-hydrogen) atoms. The van der Waals surface area contributed by atoms with Gasteiger partial charge in [-0.25, -0.2) is 0 Å². The predicted octanol–water partition coefficient (Wildman–Crippen LogP) is 2.74. The maximum atomic E-state index is 12.0. The normalized spacial score (nSPS) is 12.7. The van der Waals surface area contributed by atoms with Crippen LogP contribution in [0.15, 0.2) is 24.3 Å². The molecule has 9 heteroatoms. The van der Waals surface area contributed by atoms with Crippen molar-refractivity contribution in [1.29, 1.82) is 0 Å². The zero-order valence-corrected chi connectivity index (χ0v) is 16.6. The molecule has 1 rings (SSSR count). The second-order valence-electron chi connectivity index (χ2n) is 5.96. The summed E-state index contributed by atoms with van der Waals surface area (Å²) < 4.78 is 0. The summed E-state index contributed by atoms with van der Waals surface area (Å²) in [6, 6.07) is 4.56. The molecule has 0 spiro atoms. The molecule has 1 amide bonds. The van der Waals surface area contributed by atoms with Crippen LogP contribution < -0.4 is 5.32 Å². The van der Waals surface area contributed by atoms with Crippen molar-refractivity contribution in [2.45, 2.75) is 50.7 Å². The highest BCUT2D eigenvalue weighted by molar-refractivity contribution is 7.16. The van der Waals surface area contributed by atoms with Gasteiger partial charge in [-0.05, 0) is 36.7 Å². The molecule has 0 aromatic heterocycles. The summed E-state index contributed by atoms with van der Waals surface area (Å²) in [5, 5.41) is 33.0. The lowest BCUT2D eigenvalue weighted by molar-refractivity contribution is -0.384. The first kappa shape index (κ1) is 24.7. The van der Waals surface area contributed by atoms with E-state index in [-0.39, 0.29) is 24.0 Å². The van der Waals surface area contributed by atoms with Crippen molar-refractivity contribution in [3.63, 3.8) is 0 Å². The third-order valence-electron chi connectivity index (χ3n) is 3.98. The minimum absolute atomic E-state index is 0. The fraction of sp³-hybridized carbons (Fsp3) is 0.588. The molecule has 0 heterocycles. The second kappa shape index (κ2) is 13.9. The van der Waals surface area contributed by atoms with E-state index in [1.165, 1.54) is 30.7 Å². The number of benzene rings is 1. The van der Waals surface area contributed by atoms with Gasteiger partial charge in [-0.1, -0.05) is 19.3 Å². The molecule has 0 saturated carbocycles. The fourth-order valence-electron chi connectivity index (χ4n) is 2.49. The van der Waals surface area contributed by atoms with Gasteiger partial charge in [0.15, 0.2) is 0 Å². The van der Waals surface area contributed by atoms with E-state index in [2.05, 4.69) is 14.6 Å². The van der Waals surface area contributed by atoms with Gasteiger partial charge in [-0.15, -0.1) is 21.6 Å². The number of hydrogen-bond acceptors (Lipinski definition) is 5. The third-order valence-corrected chi connectivity index (χ3v) is 4.39. The third kappa shape index (κ3) is 8.90. The fourth-order valence-corrected chi connectivity index (χ4v) is 2.78. The van der Waals surface area contributed by atoms with Crippen molar-refractivity contribution in [2.75, 3.05) is 12.8 Å². The van der Waals surface area contributed by atoms with E-state index < -0.39 is 23.7 Å². The largest absolute Gasteiger partial charge is 0.394 e. The van der Waals surface area contributed by atoms with E-state index >= 15 is 0 Å². The van der Waals surface area contributed by atoms with E-state index in [1.807, 2.05) is 0 Å². The van der Waals surface area contributed by atoms with Crippen LogP contribution in [0.1, 0.15) is 50.2 Å². The van der Waals surface area contributed by atoms with Gasteiger partial charge in [0.25, 0.3) is 5.69 Å². The number of aliphatic hydroxyl groups is 2. The molecule has 3 N–H and O–H groups in total. The maximum absolute atomic E-state index is 12.0. The zero-order valence-electron chi connectivity index (χ0n) is 14.7. The highest BCUT2D eigenvalue weighted by Crippen LogP contribution is 2.20. The number of rotatable bonds is 12. The summed E-state index contributed by atoms with van der Waals surface area (Å²) in [6.45, 7) is -0.419. The first-order valence-corrected chi connectivity index (χ1v) is 9.34. The molecule has 1 aromatic carbocycles. The van der Waals surface area contributed by atoms with Crippen LogP contribution in [-0.2, 0) is 4.79 Å². The van der Waals surface area contributed by atoms with Crippen LogP contribution in [0.3, 0.4) is 0 Å². The highest BCUT2D eigenvalue weighted by Gasteiger charge is 2.22. The molecular weight excluding hydrogens is 379 g/mol. The predicted molar refractivity (Wildman–Crippen MR) is 107 cm³/mol. The Balaban J connectivity index is 0.00000625. The monoisotopic (exact) mass is 406 g/mol. The van der Waals surface area contributed by atoms with Crippen LogP contribution in [0.2, 0.25) is 0 Å². The Labute approximate surface area is 162 Å². The number of carbonyl (C=O) groups excluding carboxylic acids is 1. The SMILES string of the molecule is Cl.O=C(CCCCCCCP)NC(CO)C(O)c1ccc([N+](=O)[O-])cc1. The molecule has 1 aromatic rings. The van der Waals surface area contributed by atoms with Crippen molar-refractivity contribution in [1.82, 2.24) is 5.32 Å². The van der Waals surface area contributed by atoms with Crippen molar-refractivity contribution >= 4 is 33.2 Å².